The molecular weight excluding hydrogens is 572 g/mol. The van der Waals surface area contributed by atoms with Crippen molar-refractivity contribution >= 4 is 15.9 Å². The molecule has 0 aromatic heterocycles. The van der Waals surface area contributed by atoms with E-state index in [0.717, 1.165) is 48.1 Å². The van der Waals surface area contributed by atoms with Crippen LogP contribution in [0.15, 0.2) is 47.4 Å². The molecule has 2 aromatic carbocycles. The molecule has 0 radical (unpaired) electrons. The Labute approximate surface area is 235 Å². The molecule has 2 aromatic rings. The zero-order chi connectivity index (χ0) is 30.0. The van der Waals surface area contributed by atoms with Gasteiger partial charge in [-0.1, -0.05) is 37.1 Å². The molecule has 2 atom stereocenters. The van der Waals surface area contributed by atoms with Crippen LogP contribution in [0.2, 0.25) is 0 Å². The number of carbonyl (C=O) groups is 1. The molecule has 0 aliphatic heterocycles. The number of rotatable bonds is 9. The van der Waals surface area contributed by atoms with Gasteiger partial charge in [0.2, 0.25) is 15.9 Å². The molecule has 6 nitrogen and oxygen atoms in total. The van der Waals surface area contributed by atoms with Gasteiger partial charge in [0, 0.05) is 19.6 Å². The van der Waals surface area contributed by atoms with E-state index in [2.05, 4.69) is 10.6 Å². The third-order valence-corrected chi connectivity index (χ3v) is 9.70. The molecule has 0 heterocycles. The van der Waals surface area contributed by atoms with Gasteiger partial charge in [0.05, 0.1) is 22.9 Å². The van der Waals surface area contributed by atoms with Crippen molar-refractivity contribution in [3.8, 4) is 0 Å². The van der Waals surface area contributed by atoms with Gasteiger partial charge in [0.25, 0.3) is 0 Å². The molecule has 4 rings (SSSR count). The van der Waals surface area contributed by atoms with Crippen molar-refractivity contribution in [3.63, 3.8) is 0 Å². The first-order chi connectivity index (χ1) is 19.2. The lowest BCUT2D eigenvalue weighted by Crippen LogP contribution is -2.49. The maximum absolute atomic E-state index is 14.0. The Kier molecular flexibility index (Phi) is 9.39. The third kappa shape index (κ3) is 7.61. The number of sulfonamides is 1. The highest BCUT2D eigenvalue weighted by Crippen LogP contribution is 2.35. The highest BCUT2D eigenvalue weighted by Gasteiger charge is 2.48. The summed E-state index contributed by atoms with van der Waals surface area (Å²) in [6.45, 7) is 0.703. The van der Waals surface area contributed by atoms with Crippen molar-refractivity contribution in [2.45, 2.75) is 93.3 Å². The number of benzene rings is 2. The molecular formula is C28H33F6N3O3S. The van der Waals surface area contributed by atoms with Gasteiger partial charge in [0.1, 0.15) is 6.04 Å². The van der Waals surface area contributed by atoms with E-state index in [1.54, 1.807) is 0 Å². The summed E-state index contributed by atoms with van der Waals surface area (Å²) in [4.78, 5) is 11.9. The fourth-order valence-corrected chi connectivity index (χ4v) is 6.95. The first-order valence-electron chi connectivity index (χ1n) is 13.5. The summed E-state index contributed by atoms with van der Waals surface area (Å²) in [5.41, 5.74) is 1.58. The minimum Gasteiger partial charge on any atom is -0.349 e. The Hall–Kier alpha value is -2.64. The van der Waals surface area contributed by atoms with Crippen LogP contribution in [-0.4, -0.2) is 43.9 Å². The van der Waals surface area contributed by atoms with Crippen LogP contribution in [0.3, 0.4) is 0 Å². The normalized spacial score (nSPS) is 19.3. The number of aryl methyl sites for hydroxylation is 1. The first-order valence-corrected chi connectivity index (χ1v) is 15.0. The molecule has 1 fully saturated rings. The number of fused-ring (bicyclic) bond motifs is 1. The number of halogens is 6. The van der Waals surface area contributed by atoms with Gasteiger partial charge in [-0.05, 0) is 67.0 Å². The van der Waals surface area contributed by atoms with Gasteiger partial charge < -0.3 is 10.6 Å². The molecule has 0 unspecified atom stereocenters. The van der Waals surface area contributed by atoms with Crippen molar-refractivity contribution in [1.82, 2.24) is 14.9 Å². The summed E-state index contributed by atoms with van der Waals surface area (Å²) in [6, 6.07) is 5.49. The third-order valence-electron chi connectivity index (χ3n) is 7.84. The molecule has 2 aliphatic carbocycles. The number of nitrogens with one attached hydrogen (secondary N) is 2. The molecule has 0 saturated heterocycles. The second kappa shape index (κ2) is 12.3. The predicted octanol–water partition coefficient (Wildman–Crippen LogP) is 5.87. The summed E-state index contributed by atoms with van der Waals surface area (Å²) in [5, 5.41) is 6.17. The number of nitrogens with zero attached hydrogens (tertiary/aromatic N) is 1. The number of alkyl halides is 6. The average Bonchev–Trinajstić information content (AvgIpc) is 3.43. The van der Waals surface area contributed by atoms with E-state index < -0.39 is 57.2 Å². The number of hydrogen-bond donors (Lipinski definition) is 2. The molecule has 2 N–H and O–H groups in total. The van der Waals surface area contributed by atoms with Crippen LogP contribution in [-0.2, 0) is 34.0 Å². The summed E-state index contributed by atoms with van der Waals surface area (Å²) >= 11 is 0. The van der Waals surface area contributed by atoms with Gasteiger partial charge in [-0.15, -0.1) is 0 Å². The van der Waals surface area contributed by atoms with Gasteiger partial charge >= 0.3 is 12.4 Å². The number of hydrogen-bond acceptors (Lipinski definition) is 4. The Morgan fingerprint density at radius 1 is 1.00 bits per heavy atom. The van der Waals surface area contributed by atoms with Crippen molar-refractivity contribution in [2.24, 2.45) is 0 Å². The van der Waals surface area contributed by atoms with Crippen molar-refractivity contribution < 1.29 is 39.6 Å². The summed E-state index contributed by atoms with van der Waals surface area (Å²) in [7, 11) is -4.41. The van der Waals surface area contributed by atoms with Crippen LogP contribution in [0.5, 0.6) is 0 Å². The highest BCUT2D eigenvalue weighted by atomic mass is 32.2. The van der Waals surface area contributed by atoms with E-state index >= 15 is 0 Å². The lowest BCUT2D eigenvalue weighted by atomic mass is 9.86. The SMILES string of the molecule is CN([C@@H](CC(=O)N[C@@H]1CCCc2cc(CNC3CCCC3)ccc21)C(F)(F)F)S(=O)(=O)c1cccc(C(F)(F)F)c1. The summed E-state index contributed by atoms with van der Waals surface area (Å²) < 4.78 is 107. The average molecular weight is 606 g/mol. The zero-order valence-electron chi connectivity index (χ0n) is 22.5. The Morgan fingerprint density at radius 2 is 1.71 bits per heavy atom. The number of carbonyl (C=O) groups excluding carboxylic acids is 1. The van der Waals surface area contributed by atoms with Gasteiger partial charge in [-0.25, -0.2) is 8.42 Å². The van der Waals surface area contributed by atoms with Crippen LogP contribution in [0.4, 0.5) is 26.3 Å². The molecule has 0 spiro atoms. The van der Waals surface area contributed by atoms with Crippen molar-refractivity contribution in [1.29, 1.82) is 0 Å². The van der Waals surface area contributed by atoms with Gasteiger partial charge in [-0.3, -0.25) is 4.79 Å². The van der Waals surface area contributed by atoms with E-state index in [4.69, 9.17) is 0 Å². The van der Waals surface area contributed by atoms with Gasteiger partial charge in [0.15, 0.2) is 0 Å². The second-order valence-corrected chi connectivity index (χ2v) is 12.7. The summed E-state index contributed by atoms with van der Waals surface area (Å²) in [5.74, 6) is -1.01. The molecule has 1 saturated carbocycles. The van der Waals surface area contributed by atoms with E-state index in [0.29, 0.717) is 38.5 Å². The van der Waals surface area contributed by atoms with E-state index in [1.165, 1.54) is 12.8 Å². The van der Waals surface area contributed by atoms with Crippen molar-refractivity contribution in [2.75, 3.05) is 7.05 Å². The largest absolute Gasteiger partial charge is 0.416 e. The van der Waals surface area contributed by atoms with E-state index in [-0.39, 0.29) is 10.4 Å². The maximum atomic E-state index is 14.0. The molecule has 13 heteroatoms. The molecule has 1 amide bonds. The predicted molar refractivity (Wildman–Crippen MR) is 140 cm³/mol. The lowest BCUT2D eigenvalue weighted by molar-refractivity contribution is -0.173. The van der Waals surface area contributed by atoms with E-state index in [9.17, 15) is 39.6 Å². The van der Waals surface area contributed by atoms with Crippen molar-refractivity contribution in [3.05, 3.63) is 64.7 Å². The first kappa shape index (κ1) is 31.3. The van der Waals surface area contributed by atoms with Crippen LogP contribution < -0.4 is 10.6 Å². The Balaban J connectivity index is 1.46. The fraction of sp³-hybridized carbons (Fsp3) is 0.536. The standard InChI is InChI=1S/C28H33F6N3O3S/c1-37(41(39,40)22-10-5-7-20(15-22)27(29,30)31)25(28(32,33)34)16-26(38)36-24-11-4-6-19-14-18(12-13-23(19)24)17-35-21-8-2-3-9-21/h5,7,10,12-15,21,24-25,35H,2-4,6,8-9,11,16-17H2,1H3,(H,36,38)/t24-,25+/m1/s1. The summed E-state index contributed by atoms with van der Waals surface area (Å²) in [6.07, 6.45) is -4.59. The van der Waals surface area contributed by atoms with E-state index in [1.807, 2.05) is 18.2 Å². The fourth-order valence-electron chi connectivity index (χ4n) is 5.57. The maximum Gasteiger partial charge on any atom is 0.416 e. The smallest absolute Gasteiger partial charge is 0.349 e. The molecule has 41 heavy (non-hydrogen) atoms. The highest BCUT2D eigenvalue weighted by molar-refractivity contribution is 7.89. The number of amides is 1. The van der Waals surface area contributed by atoms with Gasteiger partial charge in [-0.2, -0.15) is 30.6 Å². The second-order valence-electron chi connectivity index (χ2n) is 10.7. The van der Waals surface area contributed by atoms with Crippen LogP contribution in [0.25, 0.3) is 0 Å². The van der Waals surface area contributed by atoms with Crippen LogP contribution in [0, 0.1) is 0 Å². The topological polar surface area (TPSA) is 78.5 Å². The molecule has 2 aliphatic rings. The minimum atomic E-state index is -5.16. The zero-order valence-corrected chi connectivity index (χ0v) is 23.3. The lowest BCUT2D eigenvalue weighted by Gasteiger charge is -2.31. The quantitative estimate of drug-likeness (QED) is 0.351. The Morgan fingerprint density at radius 3 is 2.37 bits per heavy atom. The Bertz CT molecular complexity index is 1340. The van der Waals surface area contributed by atoms with Crippen LogP contribution in [0.1, 0.15) is 73.2 Å². The monoisotopic (exact) mass is 605 g/mol. The van der Waals surface area contributed by atoms with Crippen LogP contribution >= 0.6 is 0 Å². The molecule has 226 valence electrons. The molecule has 0 bridgehead atoms. The minimum absolute atomic E-state index is 0.0828.